The van der Waals surface area contributed by atoms with E-state index in [4.69, 9.17) is 9.47 Å². The Bertz CT molecular complexity index is 588. The Balaban J connectivity index is 2.43. The second kappa shape index (κ2) is 7.45. The summed E-state index contributed by atoms with van der Waals surface area (Å²) in [6.45, 7) is 2.35. The van der Waals surface area contributed by atoms with Crippen LogP contribution in [-0.4, -0.2) is 13.9 Å². The highest BCUT2D eigenvalue weighted by Gasteiger charge is 2.05. The van der Waals surface area contributed by atoms with Gasteiger partial charge in [0.25, 0.3) is 0 Å². The molecular weight excluding hydrogens is 363 g/mol. The number of hydrogen-bond acceptors (Lipinski definition) is 2. The number of halogens is 1. The number of benzene rings is 2. The Hall–Kier alpha value is -1.33. The summed E-state index contributed by atoms with van der Waals surface area (Å²) in [7, 11) is 1.62. The summed E-state index contributed by atoms with van der Waals surface area (Å²) in [4.78, 5) is 0. The predicted octanol–water partition coefficient (Wildman–Crippen LogP) is 5.05. The van der Waals surface area contributed by atoms with Crippen LogP contribution in [0.1, 0.15) is 11.1 Å². The van der Waals surface area contributed by atoms with Crippen LogP contribution in [0, 0.1) is 6.92 Å². The van der Waals surface area contributed by atoms with Gasteiger partial charge in [-0.1, -0.05) is 58.5 Å². The molecule has 0 aliphatic carbocycles. The van der Waals surface area contributed by atoms with Gasteiger partial charge in [0.05, 0.1) is 0 Å². The van der Waals surface area contributed by atoms with Crippen LogP contribution in [0.2, 0.25) is 0 Å². The molecule has 0 radical (unpaired) electrons. The van der Waals surface area contributed by atoms with Crippen LogP contribution in [0.25, 0.3) is 17.2 Å². The van der Waals surface area contributed by atoms with Crippen molar-refractivity contribution in [3.8, 4) is 16.9 Å². The molecule has 0 spiro atoms. The topological polar surface area (TPSA) is 18.5 Å². The average Bonchev–Trinajstić information content (AvgIpc) is 2.47. The van der Waals surface area contributed by atoms with E-state index >= 15 is 0 Å². The minimum atomic E-state index is 0.259. The third-order valence-corrected chi connectivity index (χ3v) is 3.33. The Morgan fingerprint density at radius 3 is 2.50 bits per heavy atom. The first kappa shape index (κ1) is 15.1. The van der Waals surface area contributed by atoms with Crippen molar-refractivity contribution in [2.75, 3.05) is 13.9 Å². The van der Waals surface area contributed by atoms with Gasteiger partial charge in [0.2, 0.25) is 0 Å². The van der Waals surface area contributed by atoms with Crippen LogP contribution in [0.4, 0.5) is 0 Å². The van der Waals surface area contributed by atoms with Crippen molar-refractivity contribution in [1.82, 2.24) is 0 Å². The molecule has 0 N–H and O–H groups in total. The first-order chi connectivity index (χ1) is 9.74. The Kier molecular flexibility index (Phi) is 5.61. The van der Waals surface area contributed by atoms with Gasteiger partial charge in [0.15, 0.2) is 6.79 Å². The minimum absolute atomic E-state index is 0.259. The molecule has 104 valence electrons. The number of rotatable bonds is 5. The molecular formula is C17H17IO2. The lowest BCUT2D eigenvalue weighted by Gasteiger charge is -2.11. The molecule has 0 heterocycles. The molecule has 0 aromatic heterocycles. The highest BCUT2D eigenvalue weighted by Crippen LogP contribution is 2.29. The normalized spacial score (nSPS) is 10.9. The van der Waals surface area contributed by atoms with Gasteiger partial charge in [-0.25, -0.2) is 0 Å². The van der Waals surface area contributed by atoms with E-state index in [1.807, 2.05) is 10.1 Å². The van der Waals surface area contributed by atoms with E-state index in [9.17, 15) is 0 Å². The third kappa shape index (κ3) is 3.84. The van der Waals surface area contributed by atoms with E-state index in [-0.39, 0.29) is 6.79 Å². The maximum atomic E-state index is 5.53. The van der Waals surface area contributed by atoms with Gasteiger partial charge in [-0.2, -0.15) is 0 Å². The monoisotopic (exact) mass is 380 g/mol. The van der Waals surface area contributed by atoms with Crippen LogP contribution in [-0.2, 0) is 4.74 Å². The van der Waals surface area contributed by atoms with E-state index in [0.717, 1.165) is 11.3 Å². The summed E-state index contributed by atoms with van der Waals surface area (Å²) in [5.41, 5.74) is 4.77. The number of methoxy groups -OCH3 is 1. The van der Waals surface area contributed by atoms with Gasteiger partial charge in [0.1, 0.15) is 5.75 Å². The van der Waals surface area contributed by atoms with Crippen molar-refractivity contribution < 1.29 is 9.47 Å². The number of ether oxygens (including phenoxy) is 2. The van der Waals surface area contributed by atoms with Gasteiger partial charge < -0.3 is 9.47 Å². The zero-order valence-corrected chi connectivity index (χ0v) is 13.8. The summed E-state index contributed by atoms with van der Waals surface area (Å²) < 4.78 is 12.5. The minimum Gasteiger partial charge on any atom is -0.468 e. The summed E-state index contributed by atoms with van der Waals surface area (Å²) in [5, 5.41) is 0. The maximum absolute atomic E-state index is 5.53. The van der Waals surface area contributed by atoms with Gasteiger partial charge in [-0.15, -0.1) is 0 Å². The molecule has 0 saturated carbocycles. The molecule has 20 heavy (non-hydrogen) atoms. The van der Waals surface area contributed by atoms with E-state index < -0.39 is 0 Å². The van der Waals surface area contributed by atoms with Crippen LogP contribution in [0.5, 0.6) is 5.75 Å². The molecule has 3 heteroatoms. The van der Waals surface area contributed by atoms with Gasteiger partial charge in [-0.05, 0) is 45.9 Å². The molecule has 0 saturated heterocycles. The smallest absolute Gasteiger partial charge is 0.188 e. The lowest BCUT2D eigenvalue weighted by molar-refractivity contribution is 0.0511. The van der Waals surface area contributed by atoms with Gasteiger partial charge >= 0.3 is 0 Å². The molecule has 0 aliphatic heterocycles. The summed E-state index contributed by atoms with van der Waals surface area (Å²) in [6.07, 6.45) is 2.09. The van der Waals surface area contributed by atoms with Gasteiger partial charge in [-0.3, -0.25) is 0 Å². The van der Waals surface area contributed by atoms with Crippen LogP contribution in [0.3, 0.4) is 0 Å². The van der Waals surface area contributed by atoms with Crippen LogP contribution >= 0.6 is 22.6 Å². The molecule has 0 bridgehead atoms. The average molecular weight is 380 g/mol. The van der Waals surface area contributed by atoms with Crippen molar-refractivity contribution in [1.29, 1.82) is 0 Å². The van der Waals surface area contributed by atoms with E-state index in [0.29, 0.717) is 0 Å². The second-order valence-electron chi connectivity index (χ2n) is 4.46. The lowest BCUT2D eigenvalue weighted by Crippen LogP contribution is -1.99. The molecule has 2 rings (SSSR count). The molecule has 2 aromatic rings. The van der Waals surface area contributed by atoms with E-state index in [1.54, 1.807) is 7.11 Å². The first-order valence-electron chi connectivity index (χ1n) is 6.34. The third-order valence-electron chi connectivity index (χ3n) is 2.97. The Morgan fingerprint density at radius 1 is 1.10 bits per heavy atom. The van der Waals surface area contributed by atoms with Crippen molar-refractivity contribution >= 4 is 28.7 Å². The lowest BCUT2D eigenvalue weighted by atomic mass is 9.98. The molecule has 0 amide bonds. The molecule has 2 nitrogen and oxygen atoms in total. The van der Waals surface area contributed by atoms with Crippen molar-refractivity contribution in [3.05, 3.63) is 57.7 Å². The molecule has 0 unspecified atom stereocenters. The highest BCUT2D eigenvalue weighted by molar-refractivity contribution is 14.1. The van der Waals surface area contributed by atoms with Gasteiger partial charge in [0, 0.05) is 7.11 Å². The van der Waals surface area contributed by atoms with E-state index in [2.05, 4.69) is 72.0 Å². The Morgan fingerprint density at radius 2 is 1.85 bits per heavy atom. The molecule has 2 aromatic carbocycles. The van der Waals surface area contributed by atoms with Crippen LogP contribution < -0.4 is 4.74 Å². The largest absolute Gasteiger partial charge is 0.468 e. The number of aryl methyl sites for hydroxylation is 1. The summed E-state index contributed by atoms with van der Waals surface area (Å²) in [6, 6.07) is 14.6. The molecule has 0 fully saturated rings. The maximum Gasteiger partial charge on any atom is 0.188 e. The standard InChI is InChI=1S/C17H17IO2/c1-13-3-5-14(6-4-13)17-11-16(20-12-19-2)8-7-15(17)9-10-18/h3-11H,12H2,1-2H3. The molecule has 0 atom stereocenters. The SMILES string of the molecule is COCOc1ccc(C=CI)c(-c2ccc(C)cc2)c1. The summed E-state index contributed by atoms with van der Waals surface area (Å²) >= 11 is 2.23. The fraction of sp³-hybridized carbons (Fsp3) is 0.176. The molecule has 0 aliphatic rings. The first-order valence-corrected chi connectivity index (χ1v) is 7.58. The predicted molar refractivity (Wildman–Crippen MR) is 92.2 cm³/mol. The second-order valence-corrected chi connectivity index (χ2v) is 5.18. The number of hydrogen-bond donors (Lipinski definition) is 0. The summed E-state index contributed by atoms with van der Waals surface area (Å²) in [5.74, 6) is 0.813. The van der Waals surface area contributed by atoms with Crippen molar-refractivity contribution in [2.45, 2.75) is 6.92 Å². The quantitative estimate of drug-likeness (QED) is 0.534. The highest BCUT2D eigenvalue weighted by atomic mass is 127. The van der Waals surface area contributed by atoms with E-state index in [1.165, 1.54) is 16.7 Å². The fourth-order valence-corrected chi connectivity index (χ4v) is 2.34. The zero-order valence-electron chi connectivity index (χ0n) is 11.6. The van der Waals surface area contributed by atoms with Crippen LogP contribution in [0.15, 0.2) is 46.5 Å². The zero-order chi connectivity index (χ0) is 14.4. The van der Waals surface area contributed by atoms with Crippen molar-refractivity contribution in [3.63, 3.8) is 0 Å². The fourth-order valence-electron chi connectivity index (χ4n) is 1.95. The van der Waals surface area contributed by atoms with Crippen molar-refractivity contribution in [2.24, 2.45) is 0 Å². The Labute approximate surface area is 133 Å².